The van der Waals surface area contributed by atoms with Crippen LogP contribution in [0.5, 0.6) is 0 Å². The van der Waals surface area contributed by atoms with Crippen molar-refractivity contribution in [3.63, 3.8) is 0 Å². The predicted molar refractivity (Wildman–Crippen MR) is 80.9 cm³/mol. The van der Waals surface area contributed by atoms with Crippen molar-refractivity contribution < 1.29 is 9.53 Å². The molecular formula is C16H24N2O2. The van der Waals surface area contributed by atoms with Gasteiger partial charge >= 0.3 is 6.09 Å². The molecule has 0 unspecified atom stereocenters. The highest BCUT2D eigenvalue weighted by Gasteiger charge is 2.28. The van der Waals surface area contributed by atoms with Crippen LogP contribution in [0.2, 0.25) is 0 Å². The van der Waals surface area contributed by atoms with E-state index in [9.17, 15) is 4.79 Å². The van der Waals surface area contributed by atoms with Crippen LogP contribution < -0.4 is 5.32 Å². The van der Waals surface area contributed by atoms with Gasteiger partial charge in [0.1, 0.15) is 5.60 Å². The van der Waals surface area contributed by atoms with Gasteiger partial charge in [0.15, 0.2) is 0 Å². The molecule has 1 heterocycles. The van der Waals surface area contributed by atoms with Crippen molar-refractivity contribution in [2.75, 3.05) is 18.9 Å². The number of anilines is 1. The van der Waals surface area contributed by atoms with Gasteiger partial charge in [-0.25, -0.2) is 4.79 Å². The SMILES string of the molecule is CN(C(=O)OC(C)(C)C)[C@H]1CCCNc2ccccc21. The average Bonchev–Trinajstić information content (AvgIpc) is 2.58. The van der Waals surface area contributed by atoms with E-state index in [4.69, 9.17) is 4.74 Å². The molecule has 4 heteroatoms. The molecule has 1 aliphatic rings. The van der Waals surface area contributed by atoms with Crippen LogP contribution in [0.4, 0.5) is 10.5 Å². The molecule has 0 aromatic heterocycles. The van der Waals surface area contributed by atoms with Crippen molar-refractivity contribution in [2.45, 2.75) is 45.3 Å². The highest BCUT2D eigenvalue weighted by atomic mass is 16.6. The van der Waals surface area contributed by atoms with Gasteiger partial charge in [0.25, 0.3) is 0 Å². The molecule has 1 N–H and O–H groups in total. The Kier molecular flexibility index (Phi) is 4.21. The molecule has 0 fully saturated rings. The second kappa shape index (κ2) is 5.73. The maximum absolute atomic E-state index is 12.3. The van der Waals surface area contributed by atoms with Crippen LogP contribution in [0.1, 0.15) is 45.2 Å². The Labute approximate surface area is 121 Å². The number of nitrogens with zero attached hydrogens (tertiary/aromatic N) is 1. The molecule has 110 valence electrons. The summed E-state index contributed by atoms with van der Waals surface area (Å²) in [5, 5.41) is 3.42. The number of fused-ring (bicyclic) bond motifs is 1. The number of benzene rings is 1. The Bertz CT molecular complexity index is 480. The minimum Gasteiger partial charge on any atom is -0.444 e. The lowest BCUT2D eigenvalue weighted by molar-refractivity contribution is 0.0213. The smallest absolute Gasteiger partial charge is 0.410 e. The molecule has 4 nitrogen and oxygen atoms in total. The van der Waals surface area contributed by atoms with E-state index in [-0.39, 0.29) is 12.1 Å². The van der Waals surface area contributed by atoms with Crippen LogP contribution >= 0.6 is 0 Å². The van der Waals surface area contributed by atoms with Crippen LogP contribution in [0.3, 0.4) is 0 Å². The fourth-order valence-electron chi connectivity index (χ4n) is 2.49. The maximum atomic E-state index is 12.3. The number of para-hydroxylation sites is 1. The van der Waals surface area contributed by atoms with E-state index in [0.717, 1.165) is 25.1 Å². The van der Waals surface area contributed by atoms with Crippen molar-refractivity contribution in [3.05, 3.63) is 29.8 Å². The monoisotopic (exact) mass is 276 g/mol. The molecule has 1 aliphatic heterocycles. The van der Waals surface area contributed by atoms with Crippen LogP contribution in [0, 0.1) is 0 Å². The van der Waals surface area contributed by atoms with Gasteiger partial charge in [-0.05, 0) is 45.2 Å². The van der Waals surface area contributed by atoms with Crippen LogP contribution in [0.15, 0.2) is 24.3 Å². The van der Waals surface area contributed by atoms with Crippen LogP contribution in [0.25, 0.3) is 0 Å². The largest absolute Gasteiger partial charge is 0.444 e. The molecule has 0 bridgehead atoms. The Morgan fingerprint density at radius 1 is 1.35 bits per heavy atom. The van der Waals surface area contributed by atoms with Gasteiger partial charge in [-0.2, -0.15) is 0 Å². The third-order valence-electron chi connectivity index (χ3n) is 3.44. The molecule has 20 heavy (non-hydrogen) atoms. The summed E-state index contributed by atoms with van der Waals surface area (Å²) in [5.74, 6) is 0. The highest BCUT2D eigenvalue weighted by Crippen LogP contribution is 2.33. The molecule has 0 aliphatic carbocycles. The molecular weight excluding hydrogens is 252 g/mol. The number of nitrogens with one attached hydrogen (secondary N) is 1. The predicted octanol–water partition coefficient (Wildman–Crippen LogP) is 3.80. The Morgan fingerprint density at radius 2 is 2.05 bits per heavy atom. The summed E-state index contributed by atoms with van der Waals surface area (Å²) < 4.78 is 5.48. The lowest BCUT2D eigenvalue weighted by Gasteiger charge is -2.31. The standard InChI is InChI=1S/C16H24N2O2/c1-16(2,3)20-15(19)18(4)14-10-7-11-17-13-9-6-5-8-12(13)14/h5-6,8-9,14,17H,7,10-11H2,1-4H3/t14-/m0/s1. The van der Waals surface area contributed by atoms with E-state index in [2.05, 4.69) is 17.4 Å². The van der Waals surface area contributed by atoms with E-state index in [1.807, 2.05) is 40.0 Å². The van der Waals surface area contributed by atoms with E-state index in [1.54, 1.807) is 4.90 Å². The Hall–Kier alpha value is -1.71. The number of carbonyl (C=O) groups excluding carboxylic acids is 1. The zero-order valence-electron chi connectivity index (χ0n) is 12.8. The lowest BCUT2D eigenvalue weighted by Crippen LogP contribution is -2.36. The second-order valence-corrected chi connectivity index (χ2v) is 6.26. The topological polar surface area (TPSA) is 41.6 Å². The first-order valence-corrected chi connectivity index (χ1v) is 7.17. The minimum absolute atomic E-state index is 0.0658. The summed E-state index contributed by atoms with van der Waals surface area (Å²) >= 11 is 0. The molecule has 2 rings (SSSR count). The molecule has 0 radical (unpaired) electrons. The van der Waals surface area contributed by atoms with Gasteiger partial charge in [0.05, 0.1) is 6.04 Å². The van der Waals surface area contributed by atoms with Gasteiger partial charge in [0.2, 0.25) is 0 Å². The minimum atomic E-state index is -0.464. The van der Waals surface area contributed by atoms with Gasteiger partial charge in [-0.3, -0.25) is 0 Å². The normalized spacial score (nSPS) is 18.5. The molecule has 0 saturated heterocycles. The lowest BCUT2D eigenvalue weighted by atomic mass is 10.0. The molecule has 0 saturated carbocycles. The number of amides is 1. The van der Waals surface area contributed by atoms with Crippen molar-refractivity contribution in [1.29, 1.82) is 0 Å². The average molecular weight is 276 g/mol. The zero-order valence-corrected chi connectivity index (χ0v) is 12.8. The van der Waals surface area contributed by atoms with E-state index in [1.165, 1.54) is 5.56 Å². The molecule has 1 aromatic rings. The highest BCUT2D eigenvalue weighted by molar-refractivity contribution is 5.69. The summed E-state index contributed by atoms with van der Waals surface area (Å²) in [5.41, 5.74) is 1.82. The van der Waals surface area contributed by atoms with Crippen LogP contribution in [-0.4, -0.2) is 30.2 Å². The Balaban J connectivity index is 2.21. The Morgan fingerprint density at radius 3 is 2.75 bits per heavy atom. The number of ether oxygens (including phenoxy) is 1. The first kappa shape index (κ1) is 14.7. The molecule has 1 atom stereocenters. The third-order valence-corrected chi connectivity index (χ3v) is 3.44. The van der Waals surface area contributed by atoms with Gasteiger partial charge in [-0.15, -0.1) is 0 Å². The summed E-state index contributed by atoms with van der Waals surface area (Å²) in [4.78, 5) is 14.0. The number of rotatable bonds is 1. The van der Waals surface area contributed by atoms with Crippen molar-refractivity contribution in [1.82, 2.24) is 4.90 Å². The number of carbonyl (C=O) groups is 1. The molecule has 0 spiro atoms. The third kappa shape index (κ3) is 3.44. The molecule has 1 amide bonds. The summed E-state index contributed by atoms with van der Waals surface area (Å²) in [6.07, 6.45) is 1.71. The summed E-state index contributed by atoms with van der Waals surface area (Å²) in [6.45, 7) is 6.61. The summed E-state index contributed by atoms with van der Waals surface area (Å²) in [6, 6.07) is 8.25. The number of hydrogen-bond donors (Lipinski definition) is 1. The van der Waals surface area contributed by atoms with Crippen molar-refractivity contribution in [2.24, 2.45) is 0 Å². The first-order chi connectivity index (χ1) is 9.38. The zero-order chi connectivity index (χ0) is 14.8. The van der Waals surface area contributed by atoms with E-state index >= 15 is 0 Å². The number of hydrogen-bond acceptors (Lipinski definition) is 3. The van der Waals surface area contributed by atoms with Crippen molar-refractivity contribution in [3.8, 4) is 0 Å². The van der Waals surface area contributed by atoms with Gasteiger partial charge in [0, 0.05) is 19.3 Å². The fourth-order valence-corrected chi connectivity index (χ4v) is 2.49. The van der Waals surface area contributed by atoms with Crippen LogP contribution in [-0.2, 0) is 4.74 Å². The van der Waals surface area contributed by atoms with Crippen molar-refractivity contribution >= 4 is 11.8 Å². The first-order valence-electron chi connectivity index (χ1n) is 7.17. The second-order valence-electron chi connectivity index (χ2n) is 6.26. The van der Waals surface area contributed by atoms with Gasteiger partial charge in [-0.1, -0.05) is 18.2 Å². The van der Waals surface area contributed by atoms with E-state index < -0.39 is 5.60 Å². The summed E-state index contributed by atoms with van der Waals surface area (Å²) in [7, 11) is 1.82. The van der Waals surface area contributed by atoms with Gasteiger partial charge < -0.3 is 15.0 Å². The van der Waals surface area contributed by atoms with E-state index in [0.29, 0.717) is 0 Å². The fraction of sp³-hybridized carbons (Fsp3) is 0.562. The molecule has 1 aromatic carbocycles. The maximum Gasteiger partial charge on any atom is 0.410 e. The quantitative estimate of drug-likeness (QED) is 0.848.